The van der Waals surface area contributed by atoms with Gasteiger partial charge in [-0.15, -0.1) is 11.3 Å². The molecule has 0 bridgehead atoms. The van der Waals surface area contributed by atoms with Gasteiger partial charge in [0, 0.05) is 17.6 Å². The fraction of sp³-hybridized carbons (Fsp3) is 0.133. The molecule has 4 aromatic heterocycles. The zero-order chi connectivity index (χ0) is 16.7. The molecule has 0 aliphatic heterocycles. The molecule has 0 aliphatic carbocycles. The molecule has 4 heterocycles. The van der Waals surface area contributed by atoms with Gasteiger partial charge in [-0.1, -0.05) is 0 Å². The zero-order valence-corrected chi connectivity index (χ0v) is 13.9. The predicted octanol–water partition coefficient (Wildman–Crippen LogP) is 2.59. The molecule has 0 aromatic carbocycles. The quantitative estimate of drug-likeness (QED) is 0.591. The van der Waals surface area contributed by atoms with E-state index in [9.17, 15) is 0 Å². The van der Waals surface area contributed by atoms with E-state index in [0.717, 1.165) is 10.8 Å². The average Bonchev–Trinajstić information content (AvgIpc) is 3.09. The maximum atomic E-state index is 5.88. The number of rotatable bonds is 3. The summed E-state index contributed by atoms with van der Waals surface area (Å²) in [7, 11) is 0. The van der Waals surface area contributed by atoms with Gasteiger partial charge in [0.05, 0.1) is 10.7 Å². The lowest BCUT2D eigenvalue weighted by Crippen LogP contribution is -2.02. The molecule has 0 fully saturated rings. The van der Waals surface area contributed by atoms with Crippen LogP contribution in [0.1, 0.15) is 10.8 Å². The number of fused-ring (bicyclic) bond motifs is 1. The molecule has 0 saturated carbocycles. The van der Waals surface area contributed by atoms with E-state index in [4.69, 9.17) is 5.73 Å². The van der Waals surface area contributed by atoms with Crippen LogP contribution in [0.3, 0.4) is 0 Å². The van der Waals surface area contributed by atoms with Crippen LogP contribution in [0.5, 0.6) is 0 Å². The number of imidazole rings is 1. The van der Waals surface area contributed by atoms with Crippen molar-refractivity contribution < 1.29 is 0 Å². The Balaban J connectivity index is 1.92. The normalized spacial score (nSPS) is 11.1. The summed E-state index contributed by atoms with van der Waals surface area (Å²) in [4.78, 5) is 17.6. The van der Waals surface area contributed by atoms with E-state index in [-0.39, 0.29) is 0 Å². The molecule has 0 aliphatic rings. The summed E-state index contributed by atoms with van der Waals surface area (Å²) in [5.41, 5.74) is 7.96. The number of aryl methyl sites for hydroxylation is 2. The number of hydrogen-bond donors (Lipinski definition) is 2. The number of nitrogens with one attached hydrogen (secondary N) is 1. The SMILES string of the molecule is Cc1nc(N)cc(-c2c(Nc3csc(C)n3)nc3cccnn23)n1. The van der Waals surface area contributed by atoms with Crippen LogP contribution in [0.25, 0.3) is 17.0 Å². The molecule has 4 rings (SSSR count). The van der Waals surface area contributed by atoms with Crippen molar-refractivity contribution in [3.05, 3.63) is 40.6 Å². The van der Waals surface area contributed by atoms with Crippen molar-refractivity contribution in [1.82, 2.24) is 29.5 Å². The van der Waals surface area contributed by atoms with Gasteiger partial charge < -0.3 is 11.1 Å². The highest BCUT2D eigenvalue weighted by Crippen LogP contribution is 2.30. The van der Waals surface area contributed by atoms with Gasteiger partial charge >= 0.3 is 0 Å². The average molecular weight is 338 g/mol. The number of nitrogens with two attached hydrogens (primary N) is 1. The second-order valence-corrected chi connectivity index (χ2v) is 6.27. The minimum atomic E-state index is 0.402. The van der Waals surface area contributed by atoms with Crippen molar-refractivity contribution in [2.75, 3.05) is 11.1 Å². The lowest BCUT2D eigenvalue weighted by atomic mass is 10.3. The lowest BCUT2D eigenvalue weighted by Gasteiger charge is -2.06. The fourth-order valence-corrected chi connectivity index (χ4v) is 3.00. The molecule has 0 saturated heterocycles. The number of hydrogen-bond acceptors (Lipinski definition) is 8. The largest absolute Gasteiger partial charge is 0.384 e. The highest BCUT2D eigenvalue weighted by molar-refractivity contribution is 7.09. The van der Waals surface area contributed by atoms with Crippen LogP contribution < -0.4 is 11.1 Å². The van der Waals surface area contributed by atoms with E-state index in [0.29, 0.717) is 34.5 Å². The first kappa shape index (κ1) is 14.5. The Kier molecular flexibility index (Phi) is 3.35. The summed E-state index contributed by atoms with van der Waals surface area (Å²) in [6.07, 6.45) is 1.70. The standard InChI is InChI=1S/C15H14N8S/c1-8-18-10(6-11(16)19-8)14-15(21-12-7-24-9(2)20-12)22-13-4-3-5-17-23(13)14/h3-7,21H,1-2H3,(H2,16,18,19). The van der Waals surface area contributed by atoms with Gasteiger partial charge in [-0.05, 0) is 26.0 Å². The van der Waals surface area contributed by atoms with Crippen LogP contribution in [0.4, 0.5) is 17.5 Å². The van der Waals surface area contributed by atoms with Gasteiger partial charge in [0.15, 0.2) is 11.5 Å². The van der Waals surface area contributed by atoms with Gasteiger partial charge in [0.1, 0.15) is 23.2 Å². The highest BCUT2D eigenvalue weighted by Gasteiger charge is 2.18. The number of nitrogen functional groups attached to an aromatic ring is 1. The zero-order valence-electron chi connectivity index (χ0n) is 13.1. The molecule has 8 nitrogen and oxygen atoms in total. The Hall–Kier alpha value is -3.07. The van der Waals surface area contributed by atoms with E-state index in [1.807, 2.05) is 24.4 Å². The fourth-order valence-electron chi connectivity index (χ4n) is 2.46. The number of aromatic nitrogens is 6. The monoisotopic (exact) mass is 338 g/mol. The van der Waals surface area contributed by atoms with E-state index in [2.05, 4.69) is 30.4 Å². The summed E-state index contributed by atoms with van der Waals surface area (Å²) < 4.78 is 1.72. The second-order valence-electron chi connectivity index (χ2n) is 5.20. The third-order valence-corrected chi connectivity index (χ3v) is 4.13. The lowest BCUT2D eigenvalue weighted by molar-refractivity contribution is 0.932. The Labute approximate surface area is 141 Å². The van der Waals surface area contributed by atoms with Crippen molar-refractivity contribution in [3.8, 4) is 11.4 Å². The van der Waals surface area contributed by atoms with Gasteiger partial charge in [0.2, 0.25) is 0 Å². The van der Waals surface area contributed by atoms with Crippen LogP contribution >= 0.6 is 11.3 Å². The third kappa shape index (κ3) is 2.54. The molecule has 0 radical (unpaired) electrons. The molecule has 0 unspecified atom stereocenters. The van der Waals surface area contributed by atoms with Crippen molar-refractivity contribution in [2.24, 2.45) is 0 Å². The molecule has 24 heavy (non-hydrogen) atoms. The first-order valence-corrected chi connectivity index (χ1v) is 8.12. The Morgan fingerprint density at radius 3 is 2.79 bits per heavy atom. The van der Waals surface area contributed by atoms with E-state index < -0.39 is 0 Å². The molecule has 4 aromatic rings. The van der Waals surface area contributed by atoms with Crippen molar-refractivity contribution >= 4 is 34.4 Å². The molecular weight excluding hydrogens is 324 g/mol. The highest BCUT2D eigenvalue weighted by atomic mass is 32.1. The second kappa shape index (κ2) is 5.53. The maximum Gasteiger partial charge on any atom is 0.162 e. The molecular formula is C15H14N8S. The Morgan fingerprint density at radius 1 is 1.17 bits per heavy atom. The van der Waals surface area contributed by atoms with Gasteiger partial charge in [-0.25, -0.2) is 24.5 Å². The van der Waals surface area contributed by atoms with Gasteiger partial charge in [-0.2, -0.15) is 5.10 Å². The third-order valence-electron chi connectivity index (χ3n) is 3.36. The summed E-state index contributed by atoms with van der Waals surface area (Å²) in [6, 6.07) is 5.43. The van der Waals surface area contributed by atoms with Gasteiger partial charge in [0.25, 0.3) is 0 Å². The molecule has 3 N–H and O–H groups in total. The molecule has 0 amide bonds. The summed E-state index contributed by atoms with van der Waals surface area (Å²) in [5.74, 6) is 2.35. The number of thiazole rings is 1. The Bertz CT molecular complexity index is 1010. The molecule has 120 valence electrons. The summed E-state index contributed by atoms with van der Waals surface area (Å²) >= 11 is 1.57. The molecule has 0 spiro atoms. The summed E-state index contributed by atoms with van der Waals surface area (Å²) in [5, 5.41) is 10.5. The van der Waals surface area contributed by atoms with E-state index in [1.54, 1.807) is 35.0 Å². The smallest absolute Gasteiger partial charge is 0.162 e. The summed E-state index contributed by atoms with van der Waals surface area (Å²) in [6.45, 7) is 3.75. The van der Waals surface area contributed by atoms with Crippen molar-refractivity contribution in [3.63, 3.8) is 0 Å². The van der Waals surface area contributed by atoms with Gasteiger partial charge in [-0.3, -0.25) is 0 Å². The van der Waals surface area contributed by atoms with Crippen LogP contribution in [0.15, 0.2) is 29.8 Å². The van der Waals surface area contributed by atoms with Crippen LogP contribution in [-0.2, 0) is 0 Å². The number of nitrogens with zero attached hydrogens (tertiary/aromatic N) is 6. The molecule has 9 heteroatoms. The van der Waals surface area contributed by atoms with Crippen molar-refractivity contribution in [2.45, 2.75) is 13.8 Å². The van der Waals surface area contributed by atoms with E-state index in [1.165, 1.54) is 0 Å². The van der Waals surface area contributed by atoms with Crippen LogP contribution in [-0.4, -0.2) is 29.5 Å². The van der Waals surface area contributed by atoms with E-state index >= 15 is 0 Å². The predicted molar refractivity (Wildman–Crippen MR) is 93.3 cm³/mol. The Morgan fingerprint density at radius 2 is 2.04 bits per heavy atom. The topological polar surface area (TPSA) is 107 Å². The minimum absolute atomic E-state index is 0.402. The van der Waals surface area contributed by atoms with Crippen molar-refractivity contribution in [1.29, 1.82) is 0 Å². The van der Waals surface area contributed by atoms with Crippen LogP contribution in [0, 0.1) is 13.8 Å². The number of anilines is 3. The first-order chi connectivity index (χ1) is 11.6. The van der Waals surface area contributed by atoms with Crippen LogP contribution in [0.2, 0.25) is 0 Å². The molecule has 0 atom stereocenters. The minimum Gasteiger partial charge on any atom is -0.384 e. The maximum absolute atomic E-state index is 5.88. The first-order valence-electron chi connectivity index (χ1n) is 7.24.